The summed E-state index contributed by atoms with van der Waals surface area (Å²) in [7, 11) is 2.95. The number of carbonyl (C=O) groups is 2. The number of nitrogens with one attached hydrogen (secondary N) is 1. The van der Waals surface area contributed by atoms with E-state index in [1.807, 2.05) is 0 Å². The number of nitrogens with zero attached hydrogens (tertiary/aromatic N) is 2. The molecule has 0 fully saturated rings. The molecule has 0 aliphatic carbocycles. The summed E-state index contributed by atoms with van der Waals surface area (Å²) in [6.07, 6.45) is 0. The average Bonchev–Trinajstić information content (AvgIpc) is 3.15. The van der Waals surface area contributed by atoms with Gasteiger partial charge in [-0.15, -0.1) is 0 Å². The molecule has 0 aliphatic rings. The van der Waals surface area contributed by atoms with E-state index in [1.165, 1.54) is 26.4 Å². The Bertz CT molecular complexity index is 934. The Kier molecular flexibility index (Phi) is 5.28. The number of ether oxygens (including phenoxy) is 3. The van der Waals surface area contributed by atoms with Crippen LogP contribution in [0.15, 0.2) is 36.4 Å². The molecule has 0 saturated carbocycles. The number of hydrogen-bond donors (Lipinski definition) is 1. The van der Waals surface area contributed by atoms with Gasteiger partial charge in [-0.1, -0.05) is 6.07 Å². The van der Waals surface area contributed by atoms with Crippen molar-refractivity contribution < 1.29 is 23.8 Å². The summed E-state index contributed by atoms with van der Waals surface area (Å²) >= 11 is 1.06. The molecule has 134 valence electrons. The van der Waals surface area contributed by atoms with E-state index in [9.17, 15) is 9.59 Å². The van der Waals surface area contributed by atoms with Gasteiger partial charge in [-0.25, -0.2) is 4.79 Å². The van der Waals surface area contributed by atoms with Crippen LogP contribution in [-0.4, -0.2) is 41.5 Å². The fraction of sp³-hybridized carbons (Fsp3) is 0.176. The maximum absolute atomic E-state index is 12.2. The highest BCUT2D eigenvalue weighted by Crippen LogP contribution is 2.23. The monoisotopic (exact) mass is 373 g/mol. The van der Waals surface area contributed by atoms with Crippen LogP contribution < -0.4 is 14.8 Å². The van der Waals surface area contributed by atoms with Crippen molar-refractivity contribution in [1.82, 2.24) is 8.75 Å². The normalized spacial score (nSPS) is 10.4. The van der Waals surface area contributed by atoms with E-state index in [0.717, 1.165) is 11.7 Å². The molecule has 0 radical (unpaired) electrons. The van der Waals surface area contributed by atoms with Crippen molar-refractivity contribution in [2.75, 3.05) is 26.1 Å². The van der Waals surface area contributed by atoms with E-state index in [-0.39, 0.29) is 5.56 Å². The largest absolute Gasteiger partial charge is 0.497 e. The number of rotatable bonds is 6. The maximum Gasteiger partial charge on any atom is 0.338 e. The summed E-state index contributed by atoms with van der Waals surface area (Å²) in [6, 6.07) is 9.90. The number of aromatic nitrogens is 2. The molecular weight excluding hydrogens is 358 g/mol. The smallest absolute Gasteiger partial charge is 0.338 e. The summed E-state index contributed by atoms with van der Waals surface area (Å²) in [5, 5.41) is 2.66. The van der Waals surface area contributed by atoms with Crippen molar-refractivity contribution in [2.45, 2.75) is 0 Å². The zero-order valence-electron chi connectivity index (χ0n) is 14.0. The van der Waals surface area contributed by atoms with Crippen LogP contribution in [0, 0.1) is 0 Å². The minimum absolute atomic E-state index is 0.222. The van der Waals surface area contributed by atoms with Crippen LogP contribution in [0.4, 0.5) is 5.69 Å². The molecule has 0 unspecified atom stereocenters. The second kappa shape index (κ2) is 7.79. The maximum atomic E-state index is 12.2. The molecule has 26 heavy (non-hydrogen) atoms. The van der Waals surface area contributed by atoms with Gasteiger partial charge in [-0.05, 0) is 24.3 Å². The van der Waals surface area contributed by atoms with Gasteiger partial charge in [0.15, 0.2) is 6.61 Å². The first-order chi connectivity index (χ1) is 12.6. The lowest BCUT2D eigenvalue weighted by Crippen LogP contribution is -2.21. The highest BCUT2D eigenvalue weighted by Gasteiger charge is 2.14. The van der Waals surface area contributed by atoms with Gasteiger partial charge in [-0.2, -0.15) is 8.75 Å². The van der Waals surface area contributed by atoms with Crippen molar-refractivity contribution in [1.29, 1.82) is 0 Å². The summed E-state index contributed by atoms with van der Waals surface area (Å²) in [5.41, 5.74) is 2.02. The highest BCUT2D eigenvalue weighted by atomic mass is 32.1. The summed E-state index contributed by atoms with van der Waals surface area (Å²) in [6.45, 7) is -0.438. The molecule has 0 bridgehead atoms. The van der Waals surface area contributed by atoms with Crippen LogP contribution >= 0.6 is 11.7 Å². The molecular formula is C17H15N3O5S. The molecule has 2 aromatic carbocycles. The first kappa shape index (κ1) is 17.6. The molecule has 1 N–H and O–H groups in total. The highest BCUT2D eigenvalue weighted by molar-refractivity contribution is 7.00. The number of carbonyl (C=O) groups excluding carboxylic acids is 2. The lowest BCUT2D eigenvalue weighted by molar-refractivity contribution is -0.119. The van der Waals surface area contributed by atoms with Crippen LogP contribution in [0.25, 0.3) is 11.0 Å². The Morgan fingerprint density at radius 3 is 2.50 bits per heavy atom. The molecule has 0 saturated heterocycles. The standard InChI is InChI=1S/C17H15N3O5S/c1-23-11-6-10(7-12(8-11)24-2)17(22)25-9-15(21)18-13-4-3-5-14-16(13)20-26-19-14/h3-8H,9H2,1-2H3,(H,18,21). The van der Waals surface area contributed by atoms with E-state index >= 15 is 0 Å². The number of amides is 1. The Balaban J connectivity index is 1.64. The predicted octanol–water partition coefficient (Wildman–Crippen LogP) is 2.50. The average molecular weight is 373 g/mol. The van der Waals surface area contributed by atoms with Gasteiger partial charge in [0.1, 0.15) is 22.5 Å². The zero-order chi connectivity index (χ0) is 18.5. The van der Waals surface area contributed by atoms with Crippen LogP contribution in [0.1, 0.15) is 10.4 Å². The SMILES string of the molecule is COc1cc(OC)cc(C(=O)OCC(=O)Nc2cccc3nsnc23)c1. The lowest BCUT2D eigenvalue weighted by Gasteiger charge is -2.09. The first-order valence-corrected chi connectivity index (χ1v) is 8.25. The van der Waals surface area contributed by atoms with E-state index in [4.69, 9.17) is 14.2 Å². The van der Waals surface area contributed by atoms with Crippen molar-refractivity contribution in [3.8, 4) is 11.5 Å². The number of methoxy groups -OCH3 is 2. The molecule has 3 rings (SSSR count). The number of fused-ring (bicyclic) bond motifs is 1. The van der Waals surface area contributed by atoms with Gasteiger partial charge in [0.05, 0.1) is 37.2 Å². The van der Waals surface area contributed by atoms with Crippen LogP contribution in [-0.2, 0) is 9.53 Å². The second-order valence-corrected chi connectivity index (χ2v) is 5.69. The van der Waals surface area contributed by atoms with Crippen molar-refractivity contribution in [2.24, 2.45) is 0 Å². The van der Waals surface area contributed by atoms with Gasteiger partial charge in [-0.3, -0.25) is 4.79 Å². The molecule has 1 aromatic heterocycles. The molecule has 1 heterocycles. The van der Waals surface area contributed by atoms with E-state index in [2.05, 4.69) is 14.1 Å². The van der Waals surface area contributed by atoms with Crippen molar-refractivity contribution >= 4 is 40.3 Å². The summed E-state index contributed by atoms with van der Waals surface area (Å²) in [5.74, 6) is -0.244. The van der Waals surface area contributed by atoms with Crippen LogP contribution in [0.3, 0.4) is 0 Å². The molecule has 0 aliphatic heterocycles. The van der Waals surface area contributed by atoms with E-state index in [0.29, 0.717) is 28.2 Å². The van der Waals surface area contributed by atoms with Crippen molar-refractivity contribution in [3.05, 3.63) is 42.0 Å². The van der Waals surface area contributed by atoms with Crippen molar-refractivity contribution in [3.63, 3.8) is 0 Å². The Morgan fingerprint density at radius 2 is 1.81 bits per heavy atom. The van der Waals surface area contributed by atoms with Gasteiger partial charge in [0.25, 0.3) is 5.91 Å². The molecule has 1 amide bonds. The van der Waals surface area contributed by atoms with Gasteiger partial charge >= 0.3 is 5.97 Å². The zero-order valence-corrected chi connectivity index (χ0v) is 14.8. The lowest BCUT2D eigenvalue weighted by atomic mass is 10.2. The Hall–Kier alpha value is -3.20. The third-order valence-corrected chi connectivity index (χ3v) is 4.02. The topological polar surface area (TPSA) is 99.6 Å². The van der Waals surface area contributed by atoms with Gasteiger partial charge < -0.3 is 19.5 Å². The third-order valence-electron chi connectivity index (χ3n) is 3.48. The second-order valence-electron chi connectivity index (χ2n) is 5.16. The summed E-state index contributed by atoms with van der Waals surface area (Å²) in [4.78, 5) is 24.3. The molecule has 9 heteroatoms. The fourth-order valence-corrected chi connectivity index (χ4v) is 2.78. The molecule has 8 nitrogen and oxygen atoms in total. The Morgan fingerprint density at radius 1 is 1.08 bits per heavy atom. The van der Waals surface area contributed by atoms with Crippen LogP contribution in [0.2, 0.25) is 0 Å². The number of hydrogen-bond acceptors (Lipinski definition) is 8. The Labute approximate surface area is 153 Å². The number of anilines is 1. The number of esters is 1. The van der Waals surface area contributed by atoms with Gasteiger partial charge in [0, 0.05) is 6.07 Å². The van der Waals surface area contributed by atoms with E-state index in [1.54, 1.807) is 24.3 Å². The molecule has 0 spiro atoms. The molecule has 0 atom stereocenters. The quantitative estimate of drug-likeness (QED) is 0.663. The number of benzene rings is 2. The first-order valence-electron chi connectivity index (χ1n) is 7.52. The minimum atomic E-state index is -0.661. The fourth-order valence-electron chi connectivity index (χ4n) is 2.23. The molecule has 3 aromatic rings. The minimum Gasteiger partial charge on any atom is -0.497 e. The van der Waals surface area contributed by atoms with E-state index < -0.39 is 18.5 Å². The summed E-state index contributed by atoms with van der Waals surface area (Å²) < 4.78 is 23.5. The van der Waals surface area contributed by atoms with Gasteiger partial charge in [0.2, 0.25) is 0 Å². The third kappa shape index (κ3) is 3.89. The predicted molar refractivity (Wildman–Crippen MR) is 95.9 cm³/mol. The van der Waals surface area contributed by atoms with Crippen LogP contribution in [0.5, 0.6) is 11.5 Å².